The minimum absolute atomic E-state index is 0.905. The first-order chi connectivity index (χ1) is 8.72. The van der Waals surface area contributed by atoms with Crippen molar-refractivity contribution < 1.29 is 0 Å². The molecule has 0 aromatic carbocycles. The van der Waals surface area contributed by atoms with Crippen molar-refractivity contribution in [3.63, 3.8) is 0 Å². The second-order valence-corrected chi connectivity index (χ2v) is 6.04. The fourth-order valence-electron chi connectivity index (χ4n) is 1.68. The average Bonchev–Trinajstić information content (AvgIpc) is 2.98. The Bertz CT molecular complexity index is 629. The average molecular weight is 273 g/mol. The number of aryl methyl sites for hydroxylation is 2. The van der Waals surface area contributed by atoms with Crippen molar-refractivity contribution in [2.75, 3.05) is 0 Å². The van der Waals surface area contributed by atoms with Crippen LogP contribution >= 0.6 is 22.7 Å². The van der Waals surface area contributed by atoms with Crippen LogP contribution in [0.3, 0.4) is 0 Å². The van der Waals surface area contributed by atoms with E-state index in [9.17, 15) is 0 Å². The van der Waals surface area contributed by atoms with Crippen LogP contribution in [0.25, 0.3) is 22.8 Å². The number of hydrogen-bond acceptors (Lipinski definition) is 5. The van der Waals surface area contributed by atoms with Crippen molar-refractivity contribution in [1.82, 2.24) is 15.0 Å². The summed E-state index contributed by atoms with van der Waals surface area (Å²) in [4.78, 5) is 13.5. The largest absolute Gasteiger partial charge is 0.244 e. The molecular weight excluding hydrogens is 262 g/mol. The zero-order chi connectivity index (χ0) is 12.5. The molecule has 0 spiro atoms. The standard InChI is InChI=1S/C13H11N3S2/c1-8-14-12(6-17-8)10-4-3-5-11(16-10)13-7-18-9(2)15-13/h3-7H,1-2H3. The van der Waals surface area contributed by atoms with Crippen LogP contribution in [0.4, 0.5) is 0 Å². The van der Waals surface area contributed by atoms with E-state index in [1.54, 1.807) is 22.7 Å². The van der Waals surface area contributed by atoms with Crippen LogP contribution in [0.15, 0.2) is 29.0 Å². The van der Waals surface area contributed by atoms with Crippen LogP contribution in [0.5, 0.6) is 0 Å². The van der Waals surface area contributed by atoms with E-state index in [1.807, 2.05) is 42.8 Å². The zero-order valence-corrected chi connectivity index (χ0v) is 11.7. The lowest BCUT2D eigenvalue weighted by Crippen LogP contribution is -1.88. The molecule has 3 nitrogen and oxygen atoms in total. The number of hydrogen-bond donors (Lipinski definition) is 0. The monoisotopic (exact) mass is 273 g/mol. The summed E-state index contributed by atoms with van der Waals surface area (Å²) in [5.41, 5.74) is 3.68. The molecule has 3 aromatic rings. The van der Waals surface area contributed by atoms with Gasteiger partial charge in [-0.3, -0.25) is 0 Å². The highest BCUT2D eigenvalue weighted by Gasteiger charge is 2.07. The van der Waals surface area contributed by atoms with Crippen LogP contribution < -0.4 is 0 Å². The van der Waals surface area contributed by atoms with Crippen molar-refractivity contribution in [3.8, 4) is 22.8 Å². The summed E-state index contributed by atoms with van der Waals surface area (Å²) >= 11 is 3.28. The van der Waals surface area contributed by atoms with E-state index >= 15 is 0 Å². The van der Waals surface area contributed by atoms with Crippen LogP contribution in [-0.2, 0) is 0 Å². The van der Waals surface area contributed by atoms with E-state index in [0.29, 0.717) is 0 Å². The first-order valence-corrected chi connectivity index (χ1v) is 7.30. The molecule has 0 unspecified atom stereocenters. The first-order valence-electron chi connectivity index (χ1n) is 5.54. The Hall–Kier alpha value is -1.59. The normalized spacial score (nSPS) is 10.8. The van der Waals surface area contributed by atoms with E-state index in [1.165, 1.54) is 0 Å². The third kappa shape index (κ3) is 2.19. The van der Waals surface area contributed by atoms with Gasteiger partial charge < -0.3 is 0 Å². The van der Waals surface area contributed by atoms with E-state index in [-0.39, 0.29) is 0 Å². The lowest BCUT2D eigenvalue weighted by molar-refractivity contribution is 1.22. The highest BCUT2D eigenvalue weighted by molar-refractivity contribution is 7.10. The van der Waals surface area contributed by atoms with Gasteiger partial charge in [0.1, 0.15) is 0 Å². The molecule has 0 fully saturated rings. The van der Waals surface area contributed by atoms with Gasteiger partial charge in [-0.05, 0) is 26.0 Å². The maximum Gasteiger partial charge on any atom is 0.0998 e. The Morgan fingerprint density at radius 1 is 0.722 bits per heavy atom. The van der Waals surface area contributed by atoms with E-state index in [2.05, 4.69) is 15.0 Å². The van der Waals surface area contributed by atoms with Crippen LogP contribution in [0.2, 0.25) is 0 Å². The summed E-state index contributed by atoms with van der Waals surface area (Å²) in [5, 5.41) is 6.19. The van der Waals surface area contributed by atoms with Crippen LogP contribution in [0.1, 0.15) is 10.0 Å². The van der Waals surface area contributed by atoms with Gasteiger partial charge in [0.2, 0.25) is 0 Å². The molecule has 90 valence electrons. The maximum absolute atomic E-state index is 4.63. The Kier molecular flexibility index (Phi) is 2.93. The fraction of sp³-hybridized carbons (Fsp3) is 0.154. The second kappa shape index (κ2) is 4.59. The molecule has 0 aliphatic heterocycles. The van der Waals surface area contributed by atoms with Gasteiger partial charge in [0.05, 0.1) is 32.8 Å². The van der Waals surface area contributed by atoms with E-state index < -0.39 is 0 Å². The predicted octanol–water partition coefficient (Wildman–Crippen LogP) is 3.95. The highest BCUT2D eigenvalue weighted by atomic mass is 32.1. The lowest BCUT2D eigenvalue weighted by atomic mass is 10.2. The van der Waals surface area contributed by atoms with Gasteiger partial charge in [0.15, 0.2) is 0 Å². The first kappa shape index (κ1) is 11.5. The highest BCUT2D eigenvalue weighted by Crippen LogP contribution is 2.24. The number of rotatable bonds is 2. The molecule has 0 atom stereocenters. The van der Waals surface area contributed by atoms with Crippen molar-refractivity contribution in [3.05, 3.63) is 39.0 Å². The summed E-state index contributed by atoms with van der Waals surface area (Å²) in [6.07, 6.45) is 0. The van der Waals surface area contributed by atoms with Gasteiger partial charge in [-0.1, -0.05) is 6.07 Å². The summed E-state index contributed by atoms with van der Waals surface area (Å²) in [5.74, 6) is 0. The van der Waals surface area contributed by atoms with Crippen molar-refractivity contribution in [2.24, 2.45) is 0 Å². The topological polar surface area (TPSA) is 38.7 Å². The quantitative estimate of drug-likeness (QED) is 0.709. The molecule has 0 amide bonds. The molecule has 0 N–H and O–H groups in total. The van der Waals surface area contributed by atoms with E-state index in [0.717, 1.165) is 32.8 Å². The predicted molar refractivity (Wildman–Crippen MR) is 75.9 cm³/mol. The summed E-state index contributed by atoms with van der Waals surface area (Å²) in [6, 6.07) is 5.97. The smallest absolute Gasteiger partial charge is 0.0998 e. The van der Waals surface area contributed by atoms with Gasteiger partial charge in [-0.25, -0.2) is 15.0 Å². The Morgan fingerprint density at radius 3 is 1.61 bits per heavy atom. The van der Waals surface area contributed by atoms with Crippen LogP contribution in [-0.4, -0.2) is 15.0 Å². The molecule has 5 heteroatoms. The summed E-state index contributed by atoms with van der Waals surface area (Å²) in [6.45, 7) is 4.00. The molecule has 3 rings (SSSR count). The molecular formula is C13H11N3S2. The van der Waals surface area contributed by atoms with Crippen LogP contribution in [0, 0.1) is 13.8 Å². The number of thiazole rings is 2. The molecule has 0 saturated carbocycles. The van der Waals surface area contributed by atoms with E-state index in [4.69, 9.17) is 0 Å². The molecule has 0 radical (unpaired) electrons. The molecule has 0 bridgehead atoms. The Balaban J connectivity index is 2.04. The molecule has 0 saturated heterocycles. The van der Waals surface area contributed by atoms with Gasteiger partial charge >= 0.3 is 0 Å². The zero-order valence-electron chi connectivity index (χ0n) is 10.0. The Morgan fingerprint density at radius 2 is 1.22 bits per heavy atom. The molecule has 18 heavy (non-hydrogen) atoms. The Labute approximate surface area is 113 Å². The van der Waals surface area contributed by atoms with Crippen molar-refractivity contribution >= 4 is 22.7 Å². The SMILES string of the molecule is Cc1nc(-c2cccc(-c3csc(C)n3)n2)cs1. The van der Waals surface area contributed by atoms with Crippen molar-refractivity contribution in [1.29, 1.82) is 0 Å². The molecule has 3 aromatic heterocycles. The summed E-state index contributed by atoms with van der Waals surface area (Å²) in [7, 11) is 0. The van der Waals surface area contributed by atoms with Crippen molar-refractivity contribution in [2.45, 2.75) is 13.8 Å². The second-order valence-electron chi connectivity index (χ2n) is 3.91. The molecule has 0 aliphatic rings. The number of aromatic nitrogens is 3. The maximum atomic E-state index is 4.63. The van der Waals surface area contributed by atoms with Gasteiger partial charge in [0.25, 0.3) is 0 Å². The minimum Gasteiger partial charge on any atom is -0.244 e. The third-order valence-electron chi connectivity index (χ3n) is 2.51. The lowest BCUT2D eigenvalue weighted by Gasteiger charge is -1.99. The number of nitrogens with zero attached hydrogens (tertiary/aromatic N) is 3. The van der Waals surface area contributed by atoms with Gasteiger partial charge in [-0.2, -0.15) is 0 Å². The van der Waals surface area contributed by atoms with Gasteiger partial charge in [-0.15, -0.1) is 22.7 Å². The fourth-order valence-corrected chi connectivity index (χ4v) is 2.90. The molecule has 0 aliphatic carbocycles. The summed E-state index contributed by atoms with van der Waals surface area (Å²) < 4.78 is 0. The van der Waals surface area contributed by atoms with Gasteiger partial charge in [0, 0.05) is 10.8 Å². The third-order valence-corrected chi connectivity index (χ3v) is 4.06. The minimum atomic E-state index is 0.905. The molecule has 3 heterocycles. The number of pyridine rings is 1.